The van der Waals surface area contributed by atoms with Gasteiger partial charge in [-0.1, -0.05) is 40.5 Å². The second kappa shape index (κ2) is 8.56. The number of hydrogen-bond donors (Lipinski definition) is 0. The molecule has 0 aliphatic rings. The number of benzene rings is 3. The van der Waals surface area contributed by atoms with Gasteiger partial charge >= 0.3 is 0 Å². The fraction of sp³-hybridized carbons (Fsp3) is 0.0476. The summed E-state index contributed by atoms with van der Waals surface area (Å²) in [4.78, 5) is 4.29. The molecule has 0 saturated heterocycles. The molecule has 0 aliphatic heterocycles. The number of halogens is 6. The van der Waals surface area contributed by atoms with Gasteiger partial charge in [-0.15, -0.1) is 0 Å². The summed E-state index contributed by atoms with van der Waals surface area (Å²) < 4.78 is 64.0. The molecule has 0 fully saturated rings. The number of nitrogens with zero attached hydrogens (tertiary/aromatic N) is 2. The molecule has 10 heteroatoms. The maximum Gasteiger partial charge on any atom is 0.258 e. The first-order valence-corrected chi connectivity index (χ1v) is 9.43. The Labute approximate surface area is 183 Å². The Morgan fingerprint density at radius 3 is 2.19 bits per heavy atom. The molecule has 0 bridgehead atoms. The number of aromatic nitrogens is 2. The van der Waals surface area contributed by atoms with Crippen LogP contribution in [0.3, 0.4) is 0 Å². The first-order chi connectivity index (χ1) is 14.8. The second-order valence-electron chi connectivity index (χ2n) is 6.33. The maximum atomic E-state index is 13.7. The van der Waals surface area contributed by atoms with Crippen LogP contribution in [0.25, 0.3) is 22.8 Å². The van der Waals surface area contributed by atoms with Crippen LogP contribution in [-0.2, 0) is 6.61 Å². The average molecular weight is 469 g/mol. The quantitative estimate of drug-likeness (QED) is 0.237. The molecule has 0 spiro atoms. The van der Waals surface area contributed by atoms with Crippen LogP contribution in [0.15, 0.2) is 53.1 Å². The van der Waals surface area contributed by atoms with Gasteiger partial charge in [0.15, 0.2) is 17.4 Å². The minimum atomic E-state index is -1.60. The van der Waals surface area contributed by atoms with E-state index in [9.17, 15) is 17.6 Å². The summed E-state index contributed by atoms with van der Waals surface area (Å²) in [5.74, 6) is -6.94. The van der Waals surface area contributed by atoms with Gasteiger partial charge in [0.25, 0.3) is 5.89 Å². The van der Waals surface area contributed by atoms with Crippen molar-refractivity contribution in [3.8, 4) is 28.6 Å². The van der Waals surface area contributed by atoms with Crippen LogP contribution in [0.1, 0.15) is 5.56 Å². The Balaban J connectivity index is 1.50. The van der Waals surface area contributed by atoms with E-state index in [4.69, 9.17) is 32.5 Å². The van der Waals surface area contributed by atoms with Crippen molar-refractivity contribution in [2.75, 3.05) is 0 Å². The van der Waals surface area contributed by atoms with Crippen LogP contribution in [0, 0.1) is 23.3 Å². The highest BCUT2D eigenvalue weighted by Crippen LogP contribution is 2.31. The SMILES string of the molecule is Fc1cc(F)c(F)c(OCc2ccc(-c3nc(-c4ccc(Cl)cc4Cl)no3)cc2)c1F. The smallest absolute Gasteiger partial charge is 0.258 e. The summed E-state index contributed by atoms with van der Waals surface area (Å²) >= 11 is 12.0. The third kappa shape index (κ3) is 4.35. The molecule has 0 radical (unpaired) electrons. The molecule has 4 nitrogen and oxygen atoms in total. The standard InChI is InChI=1S/C21H10Cl2F4N2O2/c22-12-5-6-13(14(23)7-12)20-28-21(31-29-20)11-3-1-10(2-4-11)9-30-19-17(26)15(24)8-16(25)18(19)27/h1-8H,9H2. The summed E-state index contributed by atoms with van der Waals surface area (Å²) in [5, 5.41) is 4.73. The molecule has 1 aromatic heterocycles. The Morgan fingerprint density at radius 1 is 0.871 bits per heavy atom. The van der Waals surface area contributed by atoms with Gasteiger partial charge in [0.2, 0.25) is 17.5 Å². The van der Waals surface area contributed by atoms with Gasteiger partial charge in [0.1, 0.15) is 6.61 Å². The van der Waals surface area contributed by atoms with Crippen molar-refractivity contribution in [1.29, 1.82) is 0 Å². The lowest BCUT2D eigenvalue weighted by molar-refractivity contribution is 0.261. The second-order valence-corrected chi connectivity index (χ2v) is 7.17. The normalized spacial score (nSPS) is 11.0. The van der Waals surface area contributed by atoms with Crippen molar-refractivity contribution in [2.24, 2.45) is 0 Å². The van der Waals surface area contributed by atoms with Crippen LogP contribution in [-0.4, -0.2) is 10.1 Å². The minimum Gasteiger partial charge on any atom is -0.483 e. The first kappa shape index (κ1) is 21.1. The molecular formula is C21H10Cl2F4N2O2. The summed E-state index contributed by atoms with van der Waals surface area (Å²) in [6.45, 7) is -0.327. The van der Waals surface area contributed by atoms with E-state index in [1.165, 1.54) is 0 Å². The average Bonchev–Trinajstić information content (AvgIpc) is 3.22. The molecule has 0 saturated carbocycles. The van der Waals surface area contributed by atoms with Gasteiger partial charge in [-0.2, -0.15) is 13.8 Å². The fourth-order valence-corrected chi connectivity index (χ4v) is 3.19. The van der Waals surface area contributed by atoms with Crippen LogP contribution in [0.2, 0.25) is 10.0 Å². The van der Waals surface area contributed by atoms with Crippen molar-refractivity contribution >= 4 is 23.2 Å². The molecule has 0 amide bonds. The molecule has 4 aromatic rings. The summed E-state index contributed by atoms with van der Waals surface area (Å²) in [6.07, 6.45) is 0. The van der Waals surface area contributed by atoms with Gasteiger partial charge in [0, 0.05) is 22.2 Å². The molecule has 3 aromatic carbocycles. The zero-order valence-electron chi connectivity index (χ0n) is 15.3. The Kier molecular flexibility index (Phi) is 5.84. The van der Waals surface area contributed by atoms with Crippen LogP contribution in [0.5, 0.6) is 5.75 Å². The number of rotatable bonds is 5. The Hall–Kier alpha value is -3.10. The largest absolute Gasteiger partial charge is 0.483 e. The predicted molar refractivity (Wildman–Crippen MR) is 106 cm³/mol. The van der Waals surface area contributed by atoms with Crippen molar-refractivity contribution in [1.82, 2.24) is 10.1 Å². The lowest BCUT2D eigenvalue weighted by Gasteiger charge is -2.09. The lowest BCUT2D eigenvalue weighted by atomic mass is 10.1. The Bertz CT molecular complexity index is 1240. The molecular weight excluding hydrogens is 459 g/mol. The first-order valence-electron chi connectivity index (χ1n) is 8.67. The van der Waals surface area contributed by atoms with Crippen molar-refractivity contribution in [3.05, 3.63) is 87.4 Å². The number of ether oxygens (including phenoxy) is 1. The topological polar surface area (TPSA) is 48.2 Å². The van der Waals surface area contributed by atoms with E-state index in [1.54, 1.807) is 42.5 Å². The third-order valence-corrected chi connectivity index (χ3v) is 4.80. The fourth-order valence-electron chi connectivity index (χ4n) is 2.70. The van der Waals surface area contributed by atoms with E-state index in [1.807, 2.05) is 0 Å². The molecule has 31 heavy (non-hydrogen) atoms. The lowest BCUT2D eigenvalue weighted by Crippen LogP contribution is -2.03. The summed E-state index contributed by atoms with van der Waals surface area (Å²) in [6, 6.07) is 11.3. The van der Waals surface area contributed by atoms with Crippen LogP contribution < -0.4 is 4.74 Å². The van der Waals surface area contributed by atoms with E-state index in [2.05, 4.69) is 10.1 Å². The molecule has 0 unspecified atom stereocenters. The van der Waals surface area contributed by atoms with Gasteiger partial charge in [-0.3, -0.25) is 0 Å². The van der Waals surface area contributed by atoms with Crippen LogP contribution in [0.4, 0.5) is 17.6 Å². The molecule has 0 N–H and O–H groups in total. The van der Waals surface area contributed by atoms with E-state index in [0.717, 1.165) is 0 Å². The number of hydrogen-bond acceptors (Lipinski definition) is 4. The van der Waals surface area contributed by atoms with Crippen molar-refractivity contribution in [2.45, 2.75) is 6.61 Å². The molecule has 0 atom stereocenters. The Morgan fingerprint density at radius 2 is 1.55 bits per heavy atom. The maximum absolute atomic E-state index is 13.7. The summed E-state index contributed by atoms with van der Waals surface area (Å²) in [7, 11) is 0. The van der Waals surface area contributed by atoms with Crippen molar-refractivity contribution < 1.29 is 26.8 Å². The monoisotopic (exact) mass is 468 g/mol. The molecule has 0 aliphatic carbocycles. The summed E-state index contributed by atoms with van der Waals surface area (Å²) in [5.41, 5.74) is 1.58. The van der Waals surface area contributed by atoms with Gasteiger partial charge in [-0.05, 0) is 35.9 Å². The highest BCUT2D eigenvalue weighted by molar-refractivity contribution is 6.36. The van der Waals surface area contributed by atoms with Gasteiger partial charge in [0.05, 0.1) is 5.02 Å². The van der Waals surface area contributed by atoms with E-state index < -0.39 is 29.0 Å². The molecule has 1 heterocycles. The highest BCUT2D eigenvalue weighted by atomic mass is 35.5. The predicted octanol–water partition coefficient (Wildman–Crippen LogP) is 6.85. The van der Waals surface area contributed by atoms with Gasteiger partial charge in [-0.25, -0.2) is 8.78 Å². The van der Waals surface area contributed by atoms with Crippen LogP contribution >= 0.6 is 23.2 Å². The zero-order chi connectivity index (χ0) is 22.1. The third-order valence-electron chi connectivity index (χ3n) is 4.25. The van der Waals surface area contributed by atoms with E-state index in [-0.39, 0.29) is 24.4 Å². The van der Waals surface area contributed by atoms with Gasteiger partial charge < -0.3 is 9.26 Å². The van der Waals surface area contributed by atoms with E-state index >= 15 is 0 Å². The highest BCUT2D eigenvalue weighted by Gasteiger charge is 2.20. The molecule has 4 rings (SSSR count). The zero-order valence-corrected chi connectivity index (χ0v) is 16.8. The van der Waals surface area contributed by atoms with E-state index in [0.29, 0.717) is 26.7 Å². The van der Waals surface area contributed by atoms with Crippen molar-refractivity contribution in [3.63, 3.8) is 0 Å². The minimum absolute atomic E-state index is 0.113. The molecule has 158 valence electrons.